The van der Waals surface area contributed by atoms with Gasteiger partial charge in [0.25, 0.3) is 0 Å². The molecule has 0 saturated heterocycles. The summed E-state index contributed by atoms with van der Waals surface area (Å²) >= 11 is 1.18. The van der Waals surface area contributed by atoms with E-state index in [0.717, 1.165) is 23.5 Å². The Bertz CT molecular complexity index is 319. The zero-order chi connectivity index (χ0) is 6.97. The van der Waals surface area contributed by atoms with Crippen molar-refractivity contribution in [1.29, 1.82) is 0 Å². The molecule has 3 heteroatoms. The van der Waals surface area contributed by atoms with Crippen LogP contribution in [0.3, 0.4) is 0 Å². The van der Waals surface area contributed by atoms with Crippen LogP contribution in [0.5, 0.6) is 0 Å². The Morgan fingerprint density at radius 3 is 3.30 bits per heavy atom. The van der Waals surface area contributed by atoms with E-state index in [4.69, 9.17) is 4.42 Å². The minimum Gasteiger partial charge on any atom is -0.419 e. The number of rotatable bonds is 0. The van der Waals surface area contributed by atoms with Crippen molar-refractivity contribution in [2.75, 3.05) is 0 Å². The monoisotopic (exact) mass is 154 g/mol. The van der Waals surface area contributed by atoms with Crippen molar-refractivity contribution in [1.82, 2.24) is 0 Å². The van der Waals surface area contributed by atoms with E-state index >= 15 is 0 Å². The second-order valence-electron chi connectivity index (χ2n) is 2.18. The molecule has 0 N–H and O–H groups in total. The second kappa shape index (κ2) is 2.09. The zero-order valence-corrected chi connectivity index (χ0v) is 6.11. The summed E-state index contributed by atoms with van der Waals surface area (Å²) in [5.41, 5.74) is 0. The summed E-state index contributed by atoms with van der Waals surface area (Å²) < 4.78 is 4.92. The largest absolute Gasteiger partial charge is 0.419 e. The topological polar surface area (TPSA) is 30.2 Å². The van der Waals surface area contributed by atoms with E-state index < -0.39 is 0 Å². The van der Waals surface area contributed by atoms with Gasteiger partial charge >= 0.3 is 4.94 Å². The molecule has 1 aromatic rings. The third-order valence-electron chi connectivity index (χ3n) is 1.48. The lowest BCUT2D eigenvalue weighted by Crippen LogP contribution is -1.88. The van der Waals surface area contributed by atoms with Gasteiger partial charge in [-0.2, -0.15) is 0 Å². The minimum atomic E-state index is -0.184. The van der Waals surface area contributed by atoms with E-state index in [1.807, 2.05) is 6.08 Å². The van der Waals surface area contributed by atoms with Gasteiger partial charge in [-0.15, -0.1) is 0 Å². The first kappa shape index (κ1) is 5.92. The van der Waals surface area contributed by atoms with Crippen molar-refractivity contribution in [2.24, 2.45) is 0 Å². The molecule has 0 aromatic carbocycles. The SMILES string of the molecule is O=c1oc2c(s1)C=CCC2. The van der Waals surface area contributed by atoms with Crippen molar-refractivity contribution < 1.29 is 4.42 Å². The molecule has 0 radical (unpaired) electrons. The van der Waals surface area contributed by atoms with E-state index in [9.17, 15) is 4.79 Å². The minimum absolute atomic E-state index is 0.184. The van der Waals surface area contributed by atoms with Gasteiger partial charge in [0.2, 0.25) is 0 Å². The standard InChI is InChI=1S/C7H6O2S/c8-7-9-5-3-1-2-4-6(5)10-7/h2,4H,1,3H2. The second-order valence-corrected chi connectivity index (χ2v) is 3.16. The fraction of sp³-hybridized carbons (Fsp3) is 0.286. The van der Waals surface area contributed by atoms with E-state index in [0.29, 0.717) is 0 Å². The maximum atomic E-state index is 10.7. The maximum Gasteiger partial charge on any atom is 0.395 e. The zero-order valence-electron chi connectivity index (χ0n) is 5.29. The quantitative estimate of drug-likeness (QED) is 0.569. The Morgan fingerprint density at radius 1 is 1.60 bits per heavy atom. The van der Waals surface area contributed by atoms with Crippen molar-refractivity contribution in [3.63, 3.8) is 0 Å². The molecule has 0 fully saturated rings. The van der Waals surface area contributed by atoms with Gasteiger partial charge in [0.05, 0.1) is 4.88 Å². The van der Waals surface area contributed by atoms with Crippen LogP contribution in [-0.2, 0) is 6.42 Å². The van der Waals surface area contributed by atoms with Gasteiger partial charge in [-0.3, -0.25) is 0 Å². The van der Waals surface area contributed by atoms with Gasteiger partial charge in [0, 0.05) is 6.42 Å². The molecule has 1 heterocycles. The molecule has 10 heavy (non-hydrogen) atoms. The van der Waals surface area contributed by atoms with Gasteiger partial charge in [-0.25, -0.2) is 4.79 Å². The van der Waals surface area contributed by atoms with Crippen molar-refractivity contribution >= 4 is 17.4 Å². The summed E-state index contributed by atoms with van der Waals surface area (Å²) in [5, 5.41) is 0. The van der Waals surface area contributed by atoms with Crippen molar-refractivity contribution in [2.45, 2.75) is 12.8 Å². The third kappa shape index (κ3) is 0.827. The first-order chi connectivity index (χ1) is 4.86. The van der Waals surface area contributed by atoms with Crippen LogP contribution >= 0.6 is 11.3 Å². The van der Waals surface area contributed by atoms with Gasteiger partial charge in [0.1, 0.15) is 5.76 Å². The van der Waals surface area contributed by atoms with Crippen LogP contribution in [0.4, 0.5) is 0 Å². The highest BCUT2D eigenvalue weighted by molar-refractivity contribution is 7.10. The normalized spacial score (nSPS) is 15.2. The van der Waals surface area contributed by atoms with Crippen LogP contribution in [0, 0.1) is 0 Å². The van der Waals surface area contributed by atoms with Crippen LogP contribution in [0.15, 0.2) is 15.3 Å². The van der Waals surface area contributed by atoms with Crippen LogP contribution < -0.4 is 4.94 Å². The Hall–Kier alpha value is -0.830. The maximum absolute atomic E-state index is 10.7. The molecule has 0 atom stereocenters. The molecule has 2 rings (SSSR count). The molecule has 52 valence electrons. The number of hydrogen-bond acceptors (Lipinski definition) is 3. The highest BCUT2D eigenvalue weighted by Gasteiger charge is 2.09. The number of hydrogen-bond donors (Lipinski definition) is 0. The average Bonchev–Trinajstić information content (AvgIpc) is 2.27. The van der Waals surface area contributed by atoms with E-state index in [-0.39, 0.29) is 4.94 Å². The smallest absolute Gasteiger partial charge is 0.395 e. The first-order valence-corrected chi connectivity index (χ1v) is 3.97. The van der Waals surface area contributed by atoms with Crippen molar-refractivity contribution in [3.8, 4) is 0 Å². The Balaban J connectivity index is 2.63. The van der Waals surface area contributed by atoms with Crippen LogP contribution in [0.1, 0.15) is 17.1 Å². The molecule has 1 aliphatic rings. The fourth-order valence-corrected chi connectivity index (χ4v) is 1.77. The molecule has 0 amide bonds. The lowest BCUT2D eigenvalue weighted by molar-refractivity contribution is 0.482. The number of fused-ring (bicyclic) bond motifs is 1. The molecule has 0 bridgehead atoms. The van der Waals surface area contributed by atoms with E-state index in [1.165, 1.54) is 11.3 Å². The molecule has 2 nitrogen and oxygen atoms in total. The molecule has 1 aliphatic carbocycles. The molecule has 0 spiro atoms. The lowest BCUT2D eigenvalue weighted by Gasteiger charge is -1.98. The molecule has 0 saturated carbocycles. The van der Waals surface area contributed by atoms with Crippen LogP contribution in [0.2, 0.25) is 0 Å². The highest BCUT2D eigenvalue weighted by Crippen LogP contribution is 2.20. The summed E-state index contributed by atoms with van der Waals surface area (Å²) in [7, 11) is 0. The summed E-state index contributed by atoms with van der Waals surface area (Å²) in [6.45, 7) is 0. The summed E-state index contributed by atoms with van der Waals surface area (Å²) in [6, 6.07) is 0. The molecule has 0 unspecified atom stereocenters. The lowest BCUT2D eigenvalue weighted by atomic mass is 10.1. The van der Waals surface area contributed by atoms with Gasteiger partial charge in [-0.1, -0.05) is 17.4 Å². The fourth-order valence-electron chi connectivity index (χ4n) is 1.02. The average molecular weight is 154 g/mol. The van der Waals surface area contributed by atoms with Gasteiger partial charge < -0.3 is 4.42 Å². The Labute approximate surface area is 61.8 Å². The number of allylic oxidation sites excluding steroid dienone is 1. The Morgan fingerprint density at radius 2 is 2.50 bits per heavy atom. The van der Waals surface area contributed by atoms with E-state index in [1.54, 1.807) is 0 Å². The predicted molar refractivity (Wildman–Crippen MR) is 40.2 cm³/mol. The van der Waals surface area contributed by atoms with Gasteiger partial charge in [0.15, 0.2) is 0 Å². The van der Waals surface area contributed by atoms with Crippen LogP contribution in [0.25, 0.3) is 6.08 Å². The van der Waals surface area contributed by atoms with Crippen molar-refractivity contribution in [3.05, 3.63) is 26.4 Å². The summed E-state index contributed by atoms with van der Waals surface area (Å²) in [4.78, 5) is 11.5. The summed E-state index contributed by atoms with van der Waals surface area (Å²) in [6.07, 6.45) is 5.89. The molecule has 1 aromatic heterocycles. The predicted octanol–water partition coefficient (Wildman–Crippen LogP) is 1.66. The Kier molecular flexibility index (Phi) is 1.24. The number of aryl methyl sites for hydroxylation is 1. The third-order valence-corrected chi connectivity index (χ3v) is 2.32. The first-order valence-electron chi connectivity index (χ1n) is 3.15. The molecular formula is C7H6O2S. The van der Waals surface area contributed by atoms with E-state index in [2.05, 4.69) is 6.08 Å². The summed E-state index contributed by atoms with van der Waals surface area (Å²) in [5.74, 6) is 0.859. The molecular weight excluding hydrogens is 148 g/mol. The highest BCUT2D eigenvalue weighted by atomic mass is 32.1. The van der Waals surface area contributed by atoms with Gasteiger partial charge in [-0.05, 0) is 12.5 Å². The van der Waals surface area contributed by atoms with Crippen LogP contribution in [-0.4, -0.2) is 0 Å². The molecule has 0 aliphatic heterocycles.